The van der Waals surface area contributed by atoms with Crippen LogP contribution in [0.5, 0.6) is 5.75 Å². The third-order valence-corrected chi connectivity index (χ3v) is 6.58. The summed E-state index contributed by atoms with van der Waals surface area (Å²) in [6, 6.07) is 8.19. The fourth-order valence-electron chi connectivity index (χ4n) is 3.05. The summed E-state index contributed by atoms with van der Waals surface area (Å²) in [5.41, 5.74) is 1.58. The first-order chi connectivity index (χ1) is 12.3. The molecule has 2 heterocycles. The molecular formula is C19H23NO5S. The molecule has 0 radical (unpaired) electrons. The van der Waals surface area contributed by atoms with Crippen molar-refractivity contribution >= 4 is 10.0 Å². The van der Waals surface area contributed by atoms with Gasteiger partial charge < -0.3 is 9.15 Å². The minimum atomic E-state index is -3.50. The zero-order valence-electron chi connectivity index (χ0n) is 15.2. The Morgan fingerprint density at radius 1 is 1.04 bits per heavy atom. The van der Waals surface area contributed by atoms with E-state index in [0.29, 0.717) is 42.3 Å². The quantitative estimate of drug-likeness (QED) is 0.819. The van der Waals surface area contributed by atoms with Gasteiger partial charge in [0.15, 0.2) is 0 Å². The smallest absolute Gasteiger partial charge is 0.339 e. The molecule has 3 rings (SSSR count). The minimum absolute atomic E-state index is 0.123. The lowest BCUT2D eigenvalue weighted by molar-refractivity contribution is 0.134. The van der Waals surface area contributed by atoms with Crippen LogP contribution in [-0.4, -0.2) is 31.9 Å². The van der Waals surface area contributed by atoms with Crippen molar-refractivity contribution in [3.05, 3.63) is 57.6 Å². The first kappa shape index (κ1) is 18.7. The van der Waals surface area contributed by atoms with E-state index in [1.54, 1.807) is 25.1 Å². The van der Waals surface area contributed by atoms with Gasteiger partial charge in [0.1, 0.15) is 17.6 Å². The maximum absolute atomic E-state index is 12.8. The van der Waals surface area contributed by atoms with Crippen LogP contribution in [0.1, 0.15) is 29.7 Å². The molecule has 0 unspecified atom stereocenters. The van der Waals surface area contributed by atoms with Crippen molar-refractivity contribution in [3.8, 4) is 5.75 Å². The number of hydrogen-bond acceptors (Lipinski definition) is 5. The van der Waals surface area contributed by atoms with Crippen molar-refractivity contribution in [1.82, 2.24) is 4.31 Å². The average Bonchev–Trinajstić information content (AvgIpc) is 2.57. The van der Waals surface area contributed by atoms with E-state index in [9.17, 15) is 13.2 Å². The second-order valence-electron chi connectivity index (χ2n) is 6.69. The SMILES string of the molecule is Cc1cc(OC2CCN(S(=O)(=O)c3ccc(C)c(C)c3)CC2)cc(=O)o1. The van der Waals surface area contributed by atoms with E-state index < -0.39 is 15.6 Å². The molecule has 7 heteroatoms. The summed E-state index contributed by atoms with van der Waals surface area (Å²) < 4.78 is 37.9. The normalized spacial score (nSPS) is 16.6. The van der Waals surface area contributed by atoms with Crippen LogP contribution in [0, 0.1) is 20.8 Å². The lowest BCUT2D eigenvalue weighted by Crippen LogP contribution is -2.41. The highest BCUT2D eigenvalue weighted by Crippen LogP contribution is 2.24. The lowest BCUT2D eigenvalue weighted by Gasteiger charge is -2.31. The number of hydrogen-bond donors (Lipinski definition) is 0. The van der Waals surface area contributed by atoms with Gasteiger partial charge in [0.05, 0.1) is 11.0 Å². The minimum Gasteiger partial charge on any atom is -0.490 e. The molecule has 1 aliphatic rings. The van der Waals surface area contributed by atoms with E-state index in [-0.39, 0.29) is 6.10 Å². The first-order valence-corrected chi connectivity index (χ1v) is 10.1. The number of piperidine rings is 1. The van der Waals surface area contributed by atoms with Crippen LogP contribution in [-0.2, 0) is 10.0 Å². The summed E-state index contributed by atoms with van der Waals surface area (Å²) in [5.74, 6) is 0.955. The van der Waals surface area contributed by atoms with Gasteiger partial charge in [-0.05, 0) is 56.9 Å². The van der Waals surface area contributed by atoms with Crippen LogP contribution in [0.3, 0.4) is 0 Å². The predicted molar refractivity (Wildman–Crippen MR) is 98.0 cm³/mol. The highest BCUT2D eigenvalue weighted by atomic mass is 32.2. The van der Waals surface area contributed by atoms with Crippen molar-refractivity contribution in [3.63, 3.8) is 0 Å². The van der Waals surface area contributed by atoms with Gasteiger partial charge in [0.25, 0.3) is 0 Å². The molecular weight excluding hydrogens is 354 g/mol. The van der Waals surface area contributed by atoms with Crippen LogP contribution in [0.25, 0.3) is 0 Å². The lowest BCUT2D eigenvalue weighted by atomic mass is 10.1. The molecule has 0 atom stereocenters. The van der Waals surface area contributed by atoms with Crippen molar-refractivity contribution in [1.29, 1.82) is 0 Å². The van der Waals surface area contributed by atoms with Crippen molar-refractivity contribution in [2.45, 2.75) is 44.6 Å². The van der Waals surface area contributed by atoms with E-state index in [0.717, 1.165) is 11.1 Å². The molecule has 0 amide bonds. The predicted octanol–water partition coefficient (Wildman–Crippen LogP) is 2.80. The molecule has 1 aliphatic heterocycles. The second-order valence-corrected chi connectivity index (χ2v) is 8.63. The molecule has 0 bridgehead atoms. The zero-order valence-corrected chi connectivity index (χ0v) is 16.0. The van der Waals surface area contributed by atoms with Crippen LogP contribution < -0.4 is 10.4 Å². The Morgan fingerprint density at radius 3 is 2.35 bits per heavy atom. The van der Waals surface area contributed by atoms with E-state index >= 15 is 0 Å². The Hall–Kier alpha value is -2.12. The fourth-order valence-corrected chi connectivity index (χ4v) is 4.61. The van der Waals surface area contributed by atoms with Crippen molar-refractivity contribution in [2.24, 2.45) is 0 Å². The maximum atomic E-state index is 12.8. The fraction of sp³-hybridized carbons (Fsp3) is 0.421. The van der Waals surface area contributed by atoms with Crippen LogP contribution in [0.4, 0.5) is 0 Å². The third kappa shape index (κ3) is 3.99. The molecule has 1 aromatic heterocycles. The Balaban J connectivity index is 1.67. The number of nitrogens with zero attached hydrogens (tertiary/aromatic N) is 1. The third-order valence-electron chi connectivity index (χ3n) is 4.69. The number of sulfonamides is 1. The van der Waals surface area contributed by atoms with Gasteiger partial charge >= 0.3 is 5.63 Å². The average molecular weight is 377 g/mol. The van der Waals surface area contributed by atoms with Crippen LogP contribution in [0.2, 0.25) is 0 Å². The molecule has 0 N–H and O–H groups in total. The number of ether oxygens (including phenoxy) is 1. The number of aryl methyl sites for hydroxylation is 3. The molecule has 0 saturated carbocycles. The Morgan fingerprint density at radius 2 is 1.73 bits per heavy atom. The van der Waals surface area contributed by atoms with Crippen molar-refractivity contribution in [2.75, 3.05) is 13.1 Å². The highest BCUT2D eigenvalue weighted by Gasteiger charge is 2.30. The van der Waals surface area contributed by atoms with Crippen molar-refractivity contribution < 1.29 is 17.6 Å². The van der Waals surface area contributed by atoms with E-state index in [1.165, 1.54) is 10.4 Å². The monoisotopic (exact) mass is 377 g/mol. The molecule has 1 aromatic carbocycles. The molecule has 0 spiro atoms. The Bertz CT molecular complexity index is 956. The largest absolute Gasteiger partial charge is 0.490 e. The second kappa shape index (κ2) is 7.25. The van der Waals surface area contributed by atoms with E-state index in [1.807, 2.05) is 19.9 Å². The number of benzene rings is 1. The molecule has 1 fully saturated rings. The van der Waals surface area contributed by atoms with Gasteiger partial charge in [-0.25, -0.2) is 13.2 Å². The summed E-state index contributed by atoms with van der Waals surface area (Å²) >= 11 is 0. The van der Waals surface area contributed by atoms with Crippen LogP contribution >= 0.6 is 0 Å². The van der Waals surface area contributed by atoms with Gasteiger partial charge in [-0.2, -0.15) is 4.31 Å². The zero-order chi connectivity index (χ0) is 18.9. The molecule has 26 heavy (non-hydrogen) atoms. The van der Waals surface area contributed by atoms with Gasteiger partial charge in [-0.3, -0.25) is 0 Å². The summed E-state index contributed by atoms with van der Waals surface area (Å²) in [6.07, 6.45) is 1.02. The summed E-state index contributed by atoms with van der Waals surface area (Å²) in [7, 11) is -3.50. The van der Waals surface area contributed by atoms with E-state index in [2.05, 4.69) is 0 Å². The highest BCUT2D eigenvalue weighted by molar-refractivity contribution is 7.89. The molecule has 2 aromatic rings. The summed E-state index contributed by atoms with van der Waals surface area (Å²) in [4.78, 5) is 11.7. The van der Waals surface area contributed by atoms with Gasteiger partial charge in [-0.15, -0.1) is 0 Å². The molecule has 140 valence electrons. The Labute approximate surface area is 153 Å². The van der Waals surface area contributed by atoms with Gasteiger partial charge in [0.2, 0.25) is 10.0 Å². The summed E-state index contributed by atoms with van der Waals surface area (Å²) in [5, 5.41) is 0. The van der Waals surface area contributed by atoms with E-state index in [4.69, 9.17) is 9.15 Å². The topological polar surface area (TPSA) is 76.8 Å². The molecule has 1 saturated heterocycles. The van der Waals surface area contributed by atoms with Gasteiger partial charge in [-0.1, -0.05) is 6.07 Å². The number of rotatable bonds is 4. The summed E-state index contributed by atoms with van der Waals surface area (Å²) in [6.45, 7) is 6.33. The maximum Gasteiger partial charge on any atom is 0.339 e. The standard InChI is InChI=1S/C19H23NO5S/c1-13-4-5-18(10-14(13)2)26(22,23)20-8-6-16(7-9-20)25-17-11-15(3)24-19(21)12-17/h4-5,10-12,16H,6-9H2,1-3H3. The molecule has 6 nitrogen and oxygen atoms in total. The van der Waals surface area contributed by atoms with Gasteiger partial charge in [0, 0.05) is 19.2 Å². The first-order valence-electron chi connectivity index (χ1n) is 8.61. The van der Waals surface area contributed by atoms with Crippen LogP contribution in [0.15, 0.2) is 44.4 Å². The Kier molecular flexibility index (Phi) is 5.20. The molecule has 0 aliphatic carbocycles.